The zero-order chi connectivity index (χ0) is 14.5. The number of hydrogen-bond acceptors (Lipinski definition) is 6. The number of imidazole rings is 1. The van der Waals surface area contributed by atoms with Gasteiger partial charge in [0.25, 0.3) is 10.1 Å². The van der Waals surface area contributed by atoms with Crippen molar-refractivity contribution >= 4 is 38.0 Å². The van der Waals surface area contributed by atoms with E-state index in [1.165, 1.54) is 17.8 Å². The Morgan fingerprint density at radius 1 is 1.35 bits per heavy atom. The highest BCUT2D eigenvalue weighted by Gasteiger charge is 2.23. The number of fused-ring (bicyclic) bond motifs is 3. The van der Waals surface area contributed by atoms with Crippen molar-refractivity contribution in [1.29, 1.82) is 0 Å². The Kier molecular flexibility index (Phi) is 2.63. The number of nitrogen functional groups attached to an aromatic ring is 1. The highest BCUT2D eigenvalue weighted by Crippen LogP contribution is 2.28. The summed E-state index contributed by atoms with van der Waals surface area (Å²) in [7, 11) is -4.26. The van der Waals surface area contributed by atoms with Crippen molar-refractivity contribution in [3.05, 3.63) is 24.7 Å². The van der Waals surface area contributed by atoms with E-state index in [0.717, 1.165) is 0 Å². The van der Waals surface area contributed by atoms with Crippen LogP contribution in [0.25, 0.3) is 22.1 Å². The average Bonchev–Trinajstić information content (AvgIpc) is 2.82. The van der Waals surface area contributed by atoms with Crippen LogP contribution in [0.15, 0.2) is 24.7 Å². The van der Waals surface area contributed by atoms with Gasteiger partial charge in [-0.1, -0.05) is 0 Å². The van der Waals surface area contributed by atoms with E-state index in [1.807, 2.05) is 0 Å². The second-order valence-electron chi connectivity index (χ2n) is 4.33. The maximum Gasteiger partial charge on any atom is 0.286 e. The van der Waals surface area contributed by atoms with Crippen molar-refractivity contribution < 1.29 is 13.0 Å². The highest BCUT2D eigenvalue weighted by molar-refractivity contribution is 7.85. The van der Waals surface area contributed by atoms with Crippen molar-refractivity contribution in [2.75, 3.05) is 5.73 Å². The van der Waals surface area contributed by atoms with E-state index >= 15 is 0 Å². The molecule has 104 valence electrons. The third kappa shape index (κ3) is 1.79. The Balaban J connectivity index is 2.47. The Labute approximate surface area is 114 Å². The summed E-state index contributed by atoms with van der Waals surface area (Å²) in [6, 6.07) is 3.42. The van der Waals surface area contributed by atoms with Gasteiger partial charge in [0.15, 0.2) is 11.2 Å². The molecule has 0 spiro atoms. The van der Waals surface area contributed by atoms with Gasteiger partial charge in [0.05, 0.1) is 11.8 Å². The largest absolute Gasteiger partial charge is 0.382 e. The summed E-state index contributed by atoms with van der Waals surface area (Å²) < 4.78 is 33.2. The number of pyridine rings is 2. The predicted octanol–water partition coefficient (Wildman–Crippen LogP) is 0.968. The molecule has 0 bridgehead atoms. The van der Waals surface area contributed by atoms with Crippen LogP contribution in [0.2, 0.25) is 0 Å². The maximum absolute atomic E-state index is 11.3. The minimum Gasteiger partial charge on any atom is -0.382 e. The lowest BCUT2D eigenvalue weighted by atomic mass is 10.2. The number of anilines is 1. The van der Waals surface area contributed by atoms with E-state index in [-0.39, 0.29) is 5.82 Å². The molecule has 0 amide bonds. The lowest BCUT2D eigenvalue weighted by Gasteiger charge is -2.12. The van der Waals surface area contributed by atoms with Crippen LogP contribution in [-0.2, 0) is 10.1 Å². The number of aromatic nitrogens is 4. The molecule has 20 heavy (non-hydrogen) atoms. The molecule has 9 heteroatoms. The van der Waals surface area contributed by atoms with Crippen LogP contribution >= 0.6 is 0 Å². The summed E-state index contributed by atoms with van der Waals surface area (Å²) in [5, 5.41) is -1.19. The summed E-state index contributed by atoms with van der Waals surface area (Å²) in [4.78, 5) is 12.4. The van der Waals surface area contributed by atoms with Crippen LogP contribution in [0.1, 0.15) is 12.3 Å². The van der Waals surface area contributed by atoms with E-state index in [4.69, 9.17) is 5.73 Å². The number of nitrogens with two attached hydrogens (primary N) is 1. The van der Waals surface area contributed by atoms with Gasteiger partial charge in [-0.3, -0.25) is 9.54 Å². The first-order valence-corrected chi connectivity index (χ1v) is 7.23. The Hall–Kier alpha value is -2.26. The summed E-state index contributed by atoms with van der Waals surface area (Å²) >= 11 is 0. The predicted molar refractivity (Wildman–Crippen MR) is 73.5 cm³/mol. The molecular formula is C11H11N5O3S. The van der Waals surface area contributed by atoms with Crippen LogP contribution in [0.3, 0.4) is 0 Å². The molecule has 3 heterocycles. The molecule has 0 saturated carbocycles. The fraction of sp³-hybridized carbons (Fsp3) is 0.182. The molecule has 8 nitrogen and oxygen atoms in total. The molecule has 3 aromatic rings. The molecule has 0 aromatic carbocycles. The zero-order valence-corrected chi connectivity index (χ0v) is 11.2. The maximum atomic E-state index is 11.3. The van der Waals surface area contributed by atoms with Gasteiger partial charge in [0.2, 0.25) is 0 Å². The van der Waals surface area contributed by atoms with Gasteiger partial charge in [0, 0.05) is 6.20 Å². The van der Waals surface area contributed by atoms with Crippen molar-refractivity contribution in [2.24, 2.45) is 0 Å². The van der Waals surface area contributed by atoms with E-state index in [1.54, 1.807) is 18.3 Å². The molecule has 0 radical (unpaired) electrons. The topological polar surface area (TPSA) is 124 Å². The SMILES string of the molecule is CC(n1cnc2c(N)nc3cccnc3c21)S(=O)(=O)O. The number of hydrogen-bond donors (Lipinski definition) is 2. The summed E-state index contributed by atoms with van der Waals surface area (Å²) in [6.45, 7) is 1.35. The first-order chi connectivity index (χ1) is 9.39. The van der Waals surface area contributed by atoms with E-state index in [0.29, 0.717) is 22.1 Å². The lowest BCUT2D eigenvalue weighted by molar-refractivity contribution is 0.454. The van der Waals surface area contributed by atoms with Crippen LogP contribution in [-0.4, -0.2) is 32.5 Å². The van der Waals surface area contributed by atoms with Gasteiger partial charge in [0.1, 0.15) is 16.6 Å². The molecule has 0 fully saturated rings. The highest BCUT2D eigenvalue weighted by atomic mass is 32.2. The zero-order valence-electron chi connectivity index (χ0n) is 10.4. The fourth-order valence-corrected chi connectivity index (χ4v) is 2.50. The van der Waals surface area contributed by atoms with Gasteiger partial charge >= 0.3 is 0 Å². The van der Waals surface area contributed by atoms with Crippen molar-refractivity contribution in [2.45, 2.75) is 12.3 Å². The Bertz CT molecular complexity index is 918. The van der Waals surface area contributed by atoms with E-state index in [9.17, 15) is 13.0 Å². The van der Waals surface area contributed by atoms with Crippen LogP contribution in [0.5, 0.6) is 0 Å². The normalized spacial score (nSPS) is 13.9. The van der Waals surface area contributed by atoms with E-state index < -0.39 is 15.5 Å². The Morgan fingerprint density at radius 3 is 2.80 bits per heavy atom. The summed E-state index contributed by atoms with van der Waals surface area (Å²) in [5.74, 6) is 0.182. The minimum atomic E-state index is -4.26. The monoisotopic (exact) mass is 293 g/mol. The van der Waals surface area contributed by atoms with Crippen molar-refractivity contribution in [1.82, 2.24) is 19.5 Å². The van der Waals surface area contributed by atoms with Gasteiger partial charge < -0.3 is 10.3 Å². The third-order valence-electron chi connectivity index (χ3n) is 3.11. The minimum absolute atomic E-state index is 0.182. The van der Waals surface area contributed by atoms with Gasteiger partial charge in [-0.25, -0.2) is 9.97 Å². The molecule has 0 aliphatic carbocycles. The first-order valence-electron chi connectivity index (χ1n) is 5.72. The van der Waals surface area contributed by atoms with E-state index in [2.05, 4.69) is 15.0 Å². The molecule has 3 aromatic heterocycles. The smallest absolute Gasteiger partial charge is 0.286 e. The molecule has 3 rings (SSSR count). The molecule has 0 saturated heterocycles. The summed E-state index contributed by atoms with van der Waals surface area (Å²) in [5.41, 5.74) is 7.61. The van der Waals surface area contributed by atoms with Gasteiger partial charge in [-0.05, 0) is 19.1 Å². The molecule has 3 N–H and O–H groups in total. The third-order valence-corrected chi connectivity index (χ3v) is 4.20. The van der Waals surface area contributed by atoms with Crippen molar-refractivity contribution in [3.8, 4) is 0 Å². The number of rotatable bonds is 2. The molecule has 1 atom stereocenters. The van der Waals surface area contributed by atoms with Crippen LogP contribution in [0.4, 0.5) is 5.82 Å². The van der Waals surface area contributed by atoms with Crippen LogP contribution < -0.4 is 5.73 Å². The molecule has 0 aliphatic heterocycles. The molecule has 0 aliphatic rings. The van der Waals surface area contributed by atoms with Crippen LogP contribution in [0, 0.1) is 0 Å². The lowest BCUT2D eigenvalue weighted by Crippen LogP contribution is -2.15. The quantitative estimate of drug-likeness (QED) is 0.674. The average molecular weight is 293 g/mol. The molecular weight excluding hydrogens is 282 g/mol. The van der Waals surface area contributed by atoms with Crippen molar-refractivity contribution in [3.63, 3.8) is 0 Å². The van der Waals surface area contributed by atoms with Gasteiger partial charge in [-0.2, -0.15) is 8.42 Å². The van der Waals surface area contributed by atoms with Gasteiger partial charge in [-0.15, -0.1) is 0 Å². The molecule has 1 unspecified atom stereocenters. The second kappa shape index (κ2) is 4.12. The Morgan fingerprint density at radius 2 is 2.10 bits per heavy atom. The summed E-state index contributed by atoms with van der Waals surface area (Å²) in [6.07, 6.45) is 2.87. The fourth-order valence-electron chi connectivity index (χ4n) is 2.05. The standard InChI is InChI=1S/C11H11N5O3S/c1-6(20(17,18)19)16-5-14-9-10(16)8-7(15-11(9)12)3-2-4-13-8/h2-6H,1H3,(H2,12,15)(H,17,18,19). The number of nitrogens with zero attached hydrogens (tertiary/aromatic N) is 4. The first kappa shape index (κ1) is 12.8. The second-order valence-corrected chi connectivity index (χ2v) is 6.04.